The number of furan rings is 1. The molecule has 30 heavy (non-hydrogen) atoms. The van der Waals surface area contributed by atoms with Gasteiger partial charge >= 0.3 is 0 Å². The fourth-order valence-electron chi connectivity index (χ4n) is 4.49. The van der Waals surface area contributed by atoms with Crippen LogP contribution in [0.25, 0.3) is 21.8 Å². The van der Waals surface area contributed by atoms with Crippen LogP contribution in [-0.4, -0.2) is 53.6 Å². The lowest BCUT2D eigenvalue weighted by molar-refractivity contribution is 0.0714. The van der Waals surface area contributed by atoms with Crippen molar-refractivity contribution in [1.82, 2.24) is 14.5 Å². The number of nitrogens with zero attached hydrogens (tertiary/aromatic N) is 4. The van der Waals surface area contributed by atoms with Crippen LogP contribution < -0.4 is 9.64 Å². The Bertz CT molecular complexity index is 1230. The third-order valence-corrected chi connectivity index (χ3v) is 6.03. The summed E-state index contributed by atoms with van der Waals surface area (Å²) >= 11 is 0. The monoisotopic (exact) mass is 404 g/mol. The summed E-state index contributed by atoms with van der Waals surface area (Å²) in [5.41, 5.74) is 4.32. The van der Waals surface area contributed by atoms with Gasteiger partial charge in [0.1, 0.15) is 5.75 Å². The molecule has 1 fully saturated rings. The van der Waals surface area contributed by atoms with Crippen molar-refractivity contribution in [2.75, 3.05) is 38.2 Å². The lowest BCUT2D eigenvalue weighted by Crippen LogP contribution is -2.48. The third-order valence-electron chi connectivity index (χ3n) is 6.03. The smallest absolute Gasteiger partial charge is 0.289 e. The first-order valence-corrected chi connectivity index (χ1v) is 10.1. The molecule has 1 amide bonds. The molecule has 3 aromatic heterocycles. The largest absolute Gasteiger partial charge is 0.495 e. The number of piperazine rings is 1. The zero-order valence-electron chi connectivity index (χ0n) is 17.4. The summed E-state index contributed by atoms with van der Waals surface area (Å²) in [5, 5.41) is 2.37. The maximum Gasteiger partial charge on any atom is 0.289 e. The Hall–Kier alpha value is -3.48. The maximum absolute atomic E-state index is 12.6. The molecule has 0 atom stereocenters. The molecule has 7 nitrogen and oxygen atoms in total. The first-order valence-electron chi connectivity index (χ1n) is 10.1. The Labute approximate surface area is 174 Å². The lowest BCUT2D eigenvalue weighted by atomic mass is 10.1. The highest BCUT2D eigenvalue weighted by Crippen LogP contribution is 2.38. The summed E-state index contributed by atoms with van der Waals surface area (Å²) in [7, 11) is 3.77. The fourth-order valence-corrected chi connectivity index (χ4v) is 4.49. The van der Waals surface area contributed by atoms with Crippen molar-refractivity contribution in [3.05, 3.63) is 54.2 Å². The minimum atomic E-state index is -0.0564. The van der Waals surface area contributed by atoms with Crippen LogP contribution in [0.5, 0.6) is 5.75 Å². The number of carbonyl (C=O) groups excluding carboxylic acids is 1. The van der Waals surface area contributed by atoms with Gasteiger partial charge in [-0.15, -0.1) is 0 Å². The van der Waals surface area contributed by atoms with Crippen LogP contribution in [0.1, 0.15) is 16.2 Å². The van der Waals surface area contributed by atoms with Crippen LogP contribution in [0.15, 0.2) is 47.2 Å². The molecule has 1 aromatic carbocycles. The summed E-state index contributed by atoms with van der Waals surface area (Å²) in [6, 6.07) is 9.83. The summed E-state index contributed by atoms with van der Waals surface area (Å²) < 4.78 is 13.2. The molecule has 7 heteroatoms. The summed E-state index contributed by atoms with van der Waals surface area (Å²) in [5.74, 6) is 1.17. The predicted molar refractivity (Wildman–Crippen MR) is 116 cm³/mol. The minimum absolute atomic E-state index is 0.0564. The molecule has 0 aliphatic carbocycles. The van der Waals surface area contributed by atoms with Crippen LogP contribution in [0.2, 0.25) is 0 Å². The van der Waals surface area contributed by atoms with Gasteiger partial charge in [0.15, 0.2) is 5.76 Å². The SMILES string of the molecule is COc1cc2c(cc1N1CCN(C(=O)c3ccco3)CC1)c1ccnc(C)c1n2C. The molecule has 0 saturated carbocycles. The van der Waals surface area contributed by atoms with Gasteiger partial charge in [-0.3, -0.25) is 9.78 Å². The van der Waals surface area contributed by atoms with E-state index in [1.165, 1.54) is 17.0 Å². The number of methoxy groups -OCH3 is 1. The van der Waals surface area contributed by atoms with Gasteiger partial charge in [0, 0.05) is 56.3 Å². The lowest BCUT2D eigenvalue weighted by Gasteiger charge is -2.36. The zero-order chi connectivity index (χ0) is 20.8. The molecular formula is C23H24N4O3. The number of ether oxygens (including phenoxy) is 1. The highest BCUT2D eigenvalue weighted by molar-refractivity contribution is 6.10. The molecule has 0 spiro atoms. The van der Waals surface area contributed by atoms with Gasteiger partial charge in [-0.1, -0.05) is 0 Å². The second kappa shape index (κ2) is 7.09. The summed E-state index contributed by atoms with van der Waals surface area (Å²) in [4.78, 5) is 21.1. The van der Waals surface area contributed by atoms with E-state index in [-0.39, 0.29) is 5.91 Å². The Balaban J connectivity index is 1.49. The van der Waals surface area contributed by atoms with Crippen molar-refractivity contribution in [1.29, 1.82) is 0 Å². The van der Waals surface area contributed by atoms with Crippen LogP contribution in [-0.2, 0) is 7.05 Å². The molecule has 0 unspecified atom stereocenters. The Kier molecular flexibility index (Phi) is 4.38. The third kappa shape index (κ3) is 2.81. The zero-order valence-corrected chi connectivity index (χ0v) is 17.4. The number of carbonyl (C=O) groups is 1. The van der Waals surface area contributed by atoms with Crippen molar-refractivity contribution in [2.24, 2.45) is 7.05 Å². The Morgan fingerprint density at radius 1 is 1.13 bits per heavy atom. The summed E-state index contributed by atoms with van der Waals surface area (Å²) in [6.45, 7) is 4.78. The van der Waals surface area contributed by atoms with E-state index < -0.39 is 0 Å². The normalized spacial score (nSPS) is 14.6. The number of anilines is 1. The number of hydrogen-bond acceptors (Lipinski definition) is 5. The van der Waals surface area contributed by atoms with E-state index in [1.807, 2.05) is 18.0 Å². The van der Waals surface area contributed by atoms with E-state index in [0.29, 0.717) is 18.8 Å². The number of hydrogen-bond donors (Lipinski definition) is 0. The van der Waals surface area contributed by atoms with E-state index in [0.717, 1.165) is 41.3 Å². The fraction of sp³-hybridized carbons (Fsp3) is 0.304. The van der Waals surface area contributed by atoms with Crippen LogP contribution >= 0.6 is 0 Å². The van der Waals surface area contributed by atoms with E-state index in [1.54, 1.807) is 19.2 Å². The van der Waals surface area contributed by atoms with Gasteiger partial charge in [-0.05, 0) is 31.2 Å². The molecule has 1 aliphatic heterocycles. The van der Waals surface area contributed by atoms with Crippen LogP contribution in [0.4, 0.5) is 5.69 Å². The molecular weight excluding hydrogens is 380 g/mol. The highest BCUT2D eigenvalue weighted by atomic mass is 16.5. The van der Waals surface area contributed by atoms with Crippen molar-refractivity contribution in [3.63, 3.8) is 0 Å². The molecule has 1 aliphatic rings. The topological polar surface area (TPSA) is 63.7 Å². The number of benzene rings is 1. The van der Waals surface area contributed by atoms with Crippen LogP contribution in [0.3, 0.4) is 0 Å². The molecule has 154 valence electrons. The molecule has 4 aromatic rings. The van der Waals surface area contributed by atoms with Gasteiger partial charge in [0.2, 0.25) is 0 Å². The van der Waals surface area contributed by atoms with Gasteiger partial charge in [0.25, 0.3) is 5.91 Å². The van der Waals surface area contributed by atoms with E-state index >= 15 is 0 Å². The number of pyridine rings is 1. The Morgan fingerprint density at radius 3 is 2.63 bits per heavy atom. The molecule has 0 radical (unpaired) electrons. The average molecular weight is 404 g/mol. The molecule has 4 heterocycles. The van der Waals surface area contributed by atoms with Gasteiger partial charge in [0.05, 0.1) is 35.8 Å². The van der Waals surface area contributed by atoms with E-state index in [2.05, 4.69) is 39.7 Å². The first-order chi connectivity index (χ1) is 14.6. The van der Waals surface area contributed by atoms with Crippen molar-refractivity contribution >= 4 is 33.4 Å². The van der Waals surface area contributed by atoms with Gasteiger partial charge in [-0.25, -0.2) is 0 Å². The quantitative estimate of drug-likeness (QED) is 0.522. The van der Waals surface area contributed by atoms with E-state index in [9.17, 15) is 4.79 Å². The first kappa shape index (κ1) is 18.5. The second-order valence-electron chi connectivity index (χ2n) is 7.65. The second-order valence-corrected chi connectivity index (χ2v) is 7.65. The van der Waals surface area contributed by atoms with Gasteiger partial charge in [-0.2, -0.15) is 0 Å². The van der Waals surface area contributed by atoms with Crippen molar-refractivity contribution < 1.29 is 13.9 Å². The minimum Gasteiger partial charge on any atom is -0.495 e. The standard InChI is InChI=1S/C23H24N4O3/c1-15-22-16(6-7-24-15)17-13-19(21(29-3)14-18(17)25(22)2)26-8-10-27(11-9-26)23(28)20-5-4-12-30-20/h4-7,12-14H,8-11H2,1-3H3. The van der Waals surface area contributed by atoms with Crippen molar-refractivity contribution in [2.45, 2.75) is 6.92 Å². The molecule has 0 N–H and O–H groups in total. The number of rotatable bonds is 3. The summed E-state index contributed by atoms with van der Waals surface area (Å²) in [6.07, 6.45) is 3.39. The number of fused-ring (bicyclic) bond motifs is 3. The van der Waals surface area contributed by atoms with Crippen LogP contribution in [0, 0.1) is 6.92 Å². The van der Waals surface area contributed by atoms with Crippen molar-refractivity contribution in [3.8, 4) is 5.75 Å². The number of aryl methyl sites for hydroxylation is 2. The average Bonchev–Trinajstić information content (AvgIpc) is 3.40. The molecule has 0 bridgehead atoms. The number of aromatic nitrogens is 2. The van der Waals surface area contributed by atoms with E-state index in [4.69, 9.17) is 9.15 Å². The predicted octanol–water partition coefficient (Wildman–Crippen LogP) is 3.60. The number of amides is 1. The highest BCUT2D eigenvalue weighted by Gasteiger charge is 2.26. The maximum atomic E-state index is 12.6. The van der Waals surface area contributed by atoms with Gasteiger partial charge < -0.3 is 23.5 Å². The molecule has 5 rings (SSSR count). The molecule has 1 saturated heterocycles. The Morgan fingerprint density at radius 2 is 1.93 bits per heavy atom.